The summed E-state index contributed by atoms with van der Waals surface area (Å²) < 4.78 is 24.2. The van der Waals surface area contributed by atoms with Crippen molar-refractivity contribution >= 4 is 83.6 Å². The van der Waals surface area contributed by atoms with Gasteiger partial charge < -0.3 is 72.1 Å². The quantitative estimate of drug-likeness (QED) is 0.0217. The fourth-order valence-corrected chi connectivity index (χ4v) is 7.00. The molecule has 17 nitrogen and oxygen atoms in total. The Bertz CT molecular complexity index is 1670. The van der Waals surface area contributed by atoms with Gasteiger partial charge in [0, 0.05) is 42.2 Å². The zero-order valence-corrected chi connectivity index (χ0v) is 66.8. The minimum atomic E-state index is -1.27. The largest absolute Gasteiger partial charge is 1.00 e. The molecule has 2 atom stereocenters. The van der Waals surface area contributed by atoms with Crippen molar-refractivity contribution in [1.82, 2.24) is 24.9 Å². The van der Waals surface area contributed by atoms with Crippen molar-refractivity contribution in [3.63, 3.8) is 0 Å². The van der Waals surface area contributed by atoms with Crippen molar-refractivity contribution in [2.75, 3.05) is 143 Å². The molecule has 0 rings (SSSR count). The molecule has 0 aliphatic rings. The number of hydrogen-bond donors (Lipinski definition) is 2. The number of carboxylic acids is 1. The number of nitrogens with one attached hydrogen (secondary N) is 1. The first kappa shape index (κ1) is 111. The van der Waals surface area contributed by atoms with Crippen LogP contribution in [-0.4, -0.2) is 204 Å². The molecule has 0 saturated heterocycles. The summed E-state index contributed by atoms with van der Waals surface area (Å²) in [6.07, 6.45) is 27.9. The minimum absolute atomic E-state index is 0. The molecule has 23 heteroatoms. The number of nitrogens with zero attached hydrogens (tertiary/aromatic N) is 4. The molecule has 0 fully saturated rings. The molecule has 0 aliphatic heterocycles. The van der Waals surface area contributed by atoms with Crippen LogP contribution in [0, 0.1) is 23.2 Å². The van der Waals surface area contributed by atoms with Crippen molar-refractivity contribution in [2.24, 2.45) is 23.2 Å². The van der Waals surface area contributed by atoms with Crippen LogP contribution in [0.2, 0.25) is 0 Å². The van der Waals surface area contributed by atoms with E-state index in [-0.39, 0.29) is 125 Å². The van der Waals surface area contributed by atoms with Gasteiger partial charge in [0.1, 0.15) is 0 Å². The Morgan fingerprint density at radius 2 is 0.773 bits per heavy atom. The minimum Gasteiger partial charge on any atom is -1.00 e. The summed E-state index contributed by atoms with van der Waals surface area (Å²) in [6.45, 7) is 36.9. The Kier molecular flexibility index (Phi) is 109. The second kappa shape index (κ2) is 85.8. The third-order valence-electron chi connectivity index (χ3n) is 11.0. The molecular weight excluding hydrogens is 1390 g/mol. The maximum Gasteiger partial charge on any atom is 1.00 e. The third-order valence-corrected chi connectivity index (χ3v) is 12.2. The van der Waals surface area contributed by atoms with Gasteiger partial charge >= 0.3 is 84.2 Å². The van der Waals surface area contributed by atoms with Gasteiger partial charge in [-0.05, 0) is 168 Å². The molecule has 0 spiro atoms. The van der Waals surface area contributed by atoms with Crippen molar-refractivity contribution in [2.45, 2.75) is 156 Å². The number of halogens is 4. The summed E-state index contributed by atoms with van der Waals surface area (Å²) in [7, 11) is 10.3. The molecule has 0 aliphatic carbocycles. The van der Waals surface area contributed by atoms with Gasteiger partial charge in [-0.25, -0.2) is 0 Å². The normalized spacial score (nSPS) is 11.3. The number of allylic oxidation sites excluding steroid dienone is 6. The van der Waals surface area contributed by atoms with E-state index in [9.17, 15) is 28.8 Å². The Labute approximate surface area is 610 Å². The number of alkyl halides is 3. The standard InChI is InChI=1S/C16H29NO4.C13H25NO2.C11H21NO2.C8H16BrN.C8H14O4.C4H6Br2.C4H11N.CH4.BrH.Li.Na.H/c1-6-12-17(5)13-10-9-11-16(4,14(18)20-7-2)15(19)21-8-3;1-5-10-14(4)11-8-7-9-12(3)13(15)16-6-2;1-4-8-12(3)9-6-5-7-10(2)11(13)14;1-3-7-10(2)8-5-4-6-9;1-4-11-7(9)6(3)8(10)12-5-2;5-3-1-2-4-6;1-3-4-5-2;;;;;/h9-10H,6-8,11-13H2,1-5H3;7-8,12H,5-6,9-11H2,1-4H3;5-6,10H,4,7-9H2,1-3H3,(H,13,14);4-5H,3,6-8H2,1-2H3;6H,4-5H2,1-3H3;1-2H,3-4H2;5H,3-4H2,1-2H3;1H4;1H;;;/q;;;;;;;;;2*+1;-1/p-1/b10-9+;8-7+;6-5+;5-4+;;2-1+;;;;;;. The van der Waals surface area contributed by atoms with E-state index in [0.29, 0.717) is 13.0 Å². The first-order valence-electron chi connectivity index (χ1n) is 30.3. The van der Waals surface area contributed by atoms with Crippen LogP contribution in [0.1, 0.15) is 157 Å². The molecule has 2 N–H and O–H groups in total. The van der Waals surface area contributed by atoms with E-state index in [2.05, 4.69) is 174 Å². The van der Waals surface area contributed by atoms with E-state index in [1.807, 2.05) is 52.2 Å². The fourth-order valence-electron chi connectivity index (χ4n) is 6.21. The number of carboxylic acid groups (broad SMARTS) is 1. The number of carbonyl (C=O) groups excluding carboxylic acids is 5. The SMILES string of the molecule is BrC/C=C/CBr.C.CCCN(C)C/C=C/CBr.CCCN(C)C/C=C/CC(C)(C(=O)OCC)C(=O)OCC.CCCN(C)C/C=C/CC(C)C(=O)O.CCCN(C)C/C=C/CC(C)C(=O)OCC.CCCNC.CCOC(=O)C(C)C(=O)OCC.[Br-].[H-].[Li+].[Na+]. The van der Waals surface area contributed by atoms with Gasteiger partial charge in [-0.1, -0.05) is 164 Å². The Hall–Kier alpha value is -1.16. The van der Waals surface area contributed by atoms with E-state index in [1.54, 1.807) is 41.5 Å². The number of ether oxygens (including phenoxy) is 5. The van der Waals surface area contributed by atoms with Crippen LogP contribution in [0.5, 0.6) is 0 Å². The van der Waals surface area contributed by atoms with Crippen LogP contribution in [-0.2, 0) is 52.5 Å². The molecular formula is C65H127Br4LiN5NaO12. The van der Waals surface area contributed by atoms with Gasteiger partial charge in [-0.3, -0.25) is 28.8 Å². The van der Waals surface area contributed by atoms with Crippen molar-refractivity contribution in [3.8, 4) is 0 Å². The number of hydrogen-bond acceptors (Lipinski definition) is 16. The van der Waals surface area contributed by atoms with Crippen LogP contribution in [0.4, 0.5) is 0 Å². The van der Waals surface area contributed by atoms with Gasteiger partial charge in [0.05, 0.1) is 44.9 Å². The Balaban J connectivity index is -0.0000000799. The molecule has 0 aromatic heterocycles. The molecule has 0 aromatic carbocycles. The van der Waals surface area contributed by atoms with E-state index in [0.717, 1.165) is 87.6 Å². The second-order valence-electron chi connectivity index (χ2n) is 19.5. The zero-order chi connectivity index (χ0) is 66.0. The number of aliphatic carboxylic acids is 1. The van der Waals surface area contributed by atoms with Crippen LogP contribution >= 0.6 is 47.8 Å². The fraction of sp³-hybridized carbons (Fsp3) is 0.754. The Morgan fingerprint density at radius 3 is 1.03 bits per heavy atom. The molecule has 0 heterocycles. The maximum atomic E-state index is 12.0. The van der Waals surface area contributed by atoms with Gasteiger partial charge in [0.15, 0.2) is 11.3 Å². The zero-order valence-electron chi connectivity index (χ0n) is 59.4. The first-order valence-corrected chi connectivity index (χ1v) is 33.6. The maximum absolute atomic E-state index is 12.0. The molecule has 0 amide bonds. The molecule has 514 valence electrons. The molecule has 0 aromatic rings. The number of likely N-dealkylation sites (N-methyl/N-ethyl adjacent to an activating group) is 4. The molecule has 0 bridgehead atoms. The number of esters is 5. The van der Waals surface area contributed by atoms with Gasteiger partial charge in [0.25, 0.3) is 0 Å². The number of carbonyl (C=O) groups is 6. The average Bonchev–Trinajstić information content (AvgIpc) is 3.56. The monoisotopic (exact) mass is 1520 g/mol. The third kappa shape index (κ3) is 80.9. The smallest absolute Gasteiger partial charge is 1.00 e. The predicted molar refractivity (Wildman–Crippen MR) is 371 cm³/mol. The van der Waals surface area contributed by atoms with Crippen LogP contribution in [0.3, 0.4) is 0 Å². The topological polar surface area (TPSA) is 194 Å². The summed E-state index contributed by atoms with van der Waals surface area (Å²) in [6, 6.07) is 0. The first-order chi connectivity index (χ1) is 39.9. The van der Waals surface area contributed by atoms with E-state index in [1.165, 1.54) is 32.7 Å². The van der Waals surface area contributed by atoms with E-state index in [4.69, 9.17) is 19.3 Å². The Morgan fingerprint density at radius 1 is 0.489 bits per heavy atom. The van der Waals surface area contributed by atoms with E-state index >= 15 is 0 Å². The molecule has 0 radical (unpaired) electrons. The predicted octanol–water partition coefficient (Wildman–Crippen LogP) is 4.61. The van der Waals surface area contributed by atoms with Crippen molar-refractivity contribution < 1.29 is 124 Å². The van der Waals surface area contributed by atoms with E-state index < -0.39 is 41.2 Å². The van der Waals surface area contributed by atoms with Crippen LogP contribution in [0.25, 0.3) is 0 Å². The van der Waals surface area contributed by atoms with Gasteiger partial charge in [-0.15, -0.1) is 0 Å². The summed E-state index contributed by atoms with van der Waals surface area (Å²) >= 11 is 9.82. The summed E-state index contributed by atoms with van der Waals surface area (Å²) in [5, 5.41) is 14.5. The second-order valence-corrected chi connectivity index (χ2v) is 21.5. The summed E-state index contributed by atoms with van der Waals surface area (Å²) in [5.74, 6) is -4.08. The van der Waals surface area contributed by atoms with Gasteiger partial charge in [-0.2, -0.15) is 0 Å². The van der Waals surface area contributed by atoms with Crippen LogP contribution in [0.15, 0.2) is 60.8 Å². The van der Waals surface area contributed by atoms with Crippen LogP contribution < -0.4 is 70.7 Å². The van der Waals surface area contributed by atoms with Crippen molar-refractivity contribution in [3.05, 3.63) is 60.8 Å². The average molecular weight is 1520 g/mol. The molecule has 0 saturated carbocycles. The summed E-state index contributed by atoms with van der Waals surface area (Å²) in [5.41, 5.74) is -1.27. The molecule has 88 heavy (non-hydrogen) atoms. The van der Waals surface area contributed by atoms with Crippen molar-refractivity contribution in [1.29, 1.82) is 0 Å². The summed E-state index contributed by atoms with van der Waals surface area (Å²) in [4.78, 5) is 76.7. The van der Waals surface area contributed by atoms with Gasteiger partial charge in [0.2, 0.25) is 0 Å². The number of rotatable bonds is 38. The molecule has 2 unspecified atom stereocenters.